The second kappa shape index (κ2) is 4.13. The maximum absolute atomic E-state index is 11.0. The molecule has 3 rings (SSSR count). The molecule has 2 saturated carbocycles. The Hall–Kier alpha value is -0.820. The van der Waals surface area contributed by atoms with E-state index in [2.05, 4.69) is 31.2 Å². The molecule has 1 N–H and O–H groups in total. The van der Waals surface area contributed by atoms with Gasteiger partial charge in [0.15, 0.2) is 0 Å². The number of aliphatic hydroxyl groups is 1. The van der Waals surface area contributed by atoms with E-state index in [0.717, 1.165) is 24.7 Å². The molecule has 0 spiro atoms. The second-order valence-corrected chi connectivity index (χ2v) is 6.04. The van der Waals surface area contributed by atoms with Crippen LogP contribution >= 0.6 is 0 Å². The summed E-state index contributed by atoms with van der Waals surface area (Å²) in [7, 11) is 0. The van der Waals surface area contributed by atoms with E-state index in [4.69, 9.17) is 0 Å². The molecule has 0 aliphatic heterocycles. The van der Waals surface area contributed by atoms with Gasteiger partial charge in [0.2, 0.25) is 0 Å². The van der Waals surface area contributed by atoms with Crippen LogP contribution in [0, 0.1) is 18.8 Å². The molecule has 0 saturated heterocycles. The Morgan fingerprint density at radius 3 is 2.59 bits per heavy atom. The quantitative estimate of drug-likeness (QED) is 0.819. The summed E-state index contributed by atoms with van der Waals surface area (Å²) in [4.78, 5) is 0. The fourth-order valence-corrected chi connectivity index (χ4v) is 3.60. The third kappa shape index (κ3) is 2.13. The van der Waals surface area contributed by atoms with Crippen LogP contribution in [0.5, 0.6) is 0 Å². The largest absolute Gasteiger partial charge is 0.385 e. The van der Waals surface area contributed by atoms with Crippen molar-refractivity contribution >= 4 is 0 Å². The highest BCUT2D eigenvalue weighted by atomic mass is 16.3. The first kappa shape index (κ1) is 11.3. The SMILES string of the molecule is Cc1ccccc1C1(O)CCCC(C2CC2)C1. The molecule has 1 aromatic carbocycles. The van der Waals surface area contributed by atoms with Gasteiger partial charge >= 0.3 is 0 Å². The molecule has 2 atom stereocenters. The predicted molar refractivity (Wildman–Crippen MR) is 69.8 cm³/mol. The molecule has 0 heterocycles. The van der Waals surface area contributed by atoms with Gasteiger partial charge in [0.25, 0.3) is 0 Å². The van der Waals surface area contributed by atoms with Gasteiger partial charge in [-0.3, -0.25) is 0 Å². The topological polar surface area (TPSA) is 20.2 Å². The molecule has 17 heavy (non-hydrogen) atoms. The molecule has 1 aromatic rings. The number of rotatable bonds is 2. The van der Waals surface area contributed by atoms with Crippen LogP contribution in [0.3, 0.4) is 0 Å². The van der Waals surface area contributed by atoms with Crippen LogP contribution in [0.2, 0.25) is 0 Å². The van der Waals surface area contributed by atoms with Crippen molar-refractivity contribution < 1.29 is 5.11 Å². The molecule has 2 aliphatic rings. The molecule has 2 aliphatic carbocycles. The van der Waals surface area contributed by atoms with Crippen molar-refractivity contribution in [1.29, 1.82) is 0 Å². The van der Waals surface area contributed by atoms with E-state index in [1.54, 1.807) is 0 Å². The van der Waals surface area contributed by atoms with Crippen molar-refractivity contribution in [2.24, 2.45) is 11.8 Å². The lowest BCUT2D eigenvalue weighted by atomic mass is 9.72. The Balaban J connectivity index is 1.86. The molecule has 2 unspecified atom stereocenters. The minimum absolute atomic E-state index is 0.545. The third-order valence-electron chi connectivity index (χ3n) is 4.70. The lowest BCUT2D eigenvalue weighted by molar-refractivity contribution is -0.0256. The van der Waals surface area contributed by atoms with Crippen LogP contribution in [0.1, 0.15) is 49.7 Å². The average molecular weight is 230 g/mol. The zero-order valence-electron chi connectivity index (χ0n) is 10.7. The minimum Gasteiger partial charge on any atom is -0.385 e. The summed E-state index contributed by atoms with van der Waals surface area (Å²) >= 11 is 0. The summed E-state index contributed by atoms with van der Waals surface area (Å²) in [5, 5.41) is 11.0. The Kier molecular flexibility index (Phi) is 2.74. The monoisotopic (exact) mass is 230 g/mol. The van der Waals surface area contributed by atoms with Crippen molar-refractivity contribution in [3.05, 3.63) is 35.4 Å². The van der Waals surface area contributed by atoms with E-state index >= 15 is 0 Å². The Morgan fingerprint density at radius 1 is 1.12 bits per heavy atom. The Bertz CT molecular complexity index is 408. The zero-order valence-corrected chi connectivity index (χ0v) is 10.7. The summed E-state index contributed by atoms with van der Waals surface area (Å²) in [6.07, 6.45) is 7.25. The van der Waals surface area contributed by atoms with E-state index in [1.165, 1.54) is 36.8 Å². The highest BCUT2D eigenvalue weighted by molar-refractivity contribution is 5.31. The minimum atomic E-state index is -0.545. The van der Waals surface area contributed by atoms with Crippen LogP contribution in [0.4, 0.5) is 0 Å². The van der Waals surface area contributed by atoms with Crippen LogP contribution in [-0.4, -0.2) is 5.11 Å². The smallest absolute Gasteiger partial charge is 0.0901 e. The molecular formula is C16H22O. The lowest BCUT2D eigenvalue weighted by Crippen LogP contribution is -2.34. The van der Waals surface area contributed by atoms with Crippen molar-refractivity contribution in [2.75, 3.05) is 0 Å². The zero-order chi connectivity index (χ0) is 11.9. The Morgan fingerprint density at radius 2 is 1.88 bits per heavy atom. The average Bonchev–Trinajstić information content (AvgIpc) is 3.13. The van der Waals surface area contributed by atoms with E-state index in [9.17, 15) is 5.11 Å². The first-order chi connectivity index (χ1) is 8.19. The van der Waals surface area contributed by atoms with Crippen LogP contribution in [0.25, 0.3) is 0 Å². The molecule has 0 amide bonds. The standard InChI is InChI=1S/C16H22O/c1-12-5-2-3-7-15(12)16(17)10-4-6-14(11-16)13-8-9-13/h2-3,5,7,13-14,17H,4,6,8-11H2,1H3. The fourth-order valence-electron chi connectivity index (χ4n) is 3.60. The van der Waals surface area contributed by atoms with Gasteiger partial charge in [-0.25, -0.2) is 0 Å². The van der Waals surface area contributed by atoms with Gasteiger partial charge in [-0.15, -0.1) is 0 Å². The third-order valence-corrected chi connectivity index (χ3v) is 4.70. The Labute approximate surface area is 104 Å². The van der Waals surface area contributed by atoms with Gasteiger partial charge in [-0.2, -0.15) is 0 Å². The van der Waals surface area contributed by atoms with Gasteiger partial charge in [0.1, 0.15) is 0 Å². The molecule has 0 aromatic heterocycles. The number of hydrogen-bond donors (Lipinski definition) is 1. The summed E-state index contributed by atoms with van der Waals surface area (Å²) in [5.74, 6) is 1.69. The van der Waals surface area contributed by atoms with Gasteiger partial charge < -0.3 is 5.11 Å². The molecular weight excluding hydrogens is 208 g/mol. The normalized spacial score (nSPS) is 33.6. The van der Waals surface area contributed by atoms with E-state index < -0.39 is 5.60 Å². The van der Waals surface area contributed by atoms with Crippen molar-refractivity contribution in [1.82, 2.24) is 0 Å². The molecule has 92 valence electrons. The molecule has 2 fully saturated rings. The first-order valence-corrected chi connectivity index (χ1v) is 6.97. The predicted octanol–water partition coefficient (Wildman–Crippen LogP) is 3.78. The van der Waals surface area contributed by atoms with Crippen molar-refractivity contribution in [2.45, 2.75) is 51.0 Å². The summed E-state index contributed by atoms with van der Waals surface area (Å²) < 4.78 is 0. The van der Waals surface area contributed by atoms with Crippen LogP contribution in [-0.2, 0) is 5.60 Å². The van der Waals surface area contributed by atoms with E-state index in [1.807, 2.05) is 0 Å². The van der Waals surface area contributed by atoms with Gasteiger partial charge in [-0.1, -0.05) is 24.3 Å². The second-order valence-electron chi connectivity index (χ2n) is 6.04. The fraction of sp³-hybridized carbons (Fsp3) is 0.625. The first-order valence-electron chi connectivity index (χ1n) is 6.97. The van der Waals surface area contributed by atoms with Crippen LogP contribution in [0.15, 0.2) is 24.3 Å². The van der Waals surface area contributed by atoms with Crippen LogP contribution < -0.4 is 0 Å². The van der Waals surface area contributed by atoms with E-state index in [0.29, 0.717) is 0 Å². The number of benzene rings is 1. The highest BCUT2D eigenvalue weighted by Crippen LogP contribution is 2.49. The maximum Gasteiger partial charge on any atom is 0.0901 e. The highest BCUT2D eigenvalue weighted by Gasteiger charge is 2.42. The molecule has 0 radical (unpaired) electrons. The van der Waals surface area contributed by atoms with Gasteiger partial charge in [-0.05, 0) is 68.4 Å². The maximum atomic E-state index is 11.0. The van der Waals surface area contributed by atoms with E-state index in [-0.39, 0.29) is 0 Å². The summed E-state index contributed by atoms with van der Waals surface area (Å²) in [6, 6.07) is 8.35. The van der Waals surface area contributed by atoms with Gasteiger partial charge in [0.05, 0.1) is 5.60 Å². The molecule has 0 bridgehead atoms. The van der Waals surface area contributed by atoms with Crippen molar-refractivity contribution in [3.63, 3.8) is 0 Å². The summed E-state index contributed by atoms with van der Waals surface area (Å²) in [6.45, 7) is 2.12. The van der Waals surface area contributed by atoms with Gasteiger partial charge in [0, 0.05) is 0 Å². The summed E-state index contributed by atoms with van der Waals surface area (Å²) in [5.41, 5.74) is 1.87. The molecule has 1 nitrogen and oxygen atoms in total. The number of aryl methyl sites for hydroxylation is 1. The number of hydrogen-bond acceptors (Lipinski definition) is 1. The van der Waals surface area contributed by atoms with Crippen molar-refractivity contribution in [3.8, 4) is 0 Å². The lowest BCUT2D eigenvalue weighted by Gasteiger charge is -2.38. The molecule has 1 heteroatoms.